The van der Waals surface area contributed by atoms with Gasteiger partial charge in [-0.2, -0.15) is 0 Å². The third-order valence-electron chi connectivity index (χ3n) is 4.00. The second-order valence-corrected chi connectivity index (χ2v) is 5.23. The number of aryl methyl sites for hydroxylation is 3. The van der Waals surface area contributed by atoms with E-state index in [9.17, 15) is 5.11 Å². The molecule has 0 spiro atoms. The minimum atomic E-state index is -0.682. The first-order valence-corrected chi connectivity index (χ1v) is 6.79. The molecule has 2 heteroatoms. The van der Waals surface area contributed by atoms with E-state index in [1.165, 1.54) is 11.1 Å². The van der Waals surface area contributed by atoms with Gasteiger partial charge in [0.1, 0.15) is 17.6 Å². The first-order chi connectivity index (χ1) is 8.95. The fourth-order valence-electron chi connectivity index (χ4n) is 2.53. The lowest BCUT2D eigenvalue weighted by atomic mass is 9.90. The summed E-state index contributed by atoms with van der Waals surface area (Å²) < 4.78 is 5.69. The summed E-state index contributed by atoms with van der Waals surface area (Å²) in [6.45, 7) is 10.3. The molecular formula is C17H22O2. The zero-order chi connectivity index (χ0) is 14.2. The summed E-state index contributed by atoms with van der Waals surface area (Å²) in [5.74, 6) is 1.54. The van der Waals surface area contributed by atoms with Gasteiger partial charge in [-0.3, -0.25) is 0 Å². The van der Waals surface area contributed by atoms with E-state index >= 15 is 0 Å². The van der Waals surface area contributed by atoms with E-state index in [0.717, 1.165) is 28.9 Å². The second kappa shape index (κ2) is 5.22. The molecule has 0 aliphatic carbocycles. The molecule has 0 aliphatic rings. The van der Waals surface area contributed by atoms with E-state index < -0.39 is 6.10 Å². The first-order valence-electron chi connectivity index (χ1n) is 6.79. The quantitative estimate of drug-likeness (QED) is 0.897. The van der Waals surface area contributed by atoms with E-state index in [2.05, 4.69) is 33.8 Å². The summed E-state index contributed by atoms with van der Waals surface area (Å²) in [5, 5.41) is 10.6. The van der Waals surface area contributed by atoms with Gasteiger partial charge >= 0.3 is 0 Å². The average molecular weight is 258 g/mol. The van der Waals surface area contributed by atoms with Crippen molar-refractivity contribution in [1.82, 2.24) is 0 Å². The zero-order valence-electron chi connectivity index (χ0n) is 12.4. The summed E-state index contributed by atoms with van der Waals surface area (Å²) in [7, 11) is 0. The molecule has 1 aromatic carbocycles. The number of aliphatic hydroxyl groups is 1. The van der Waals surface area contributed by atoms with Crippen molar-refractivity contribution in [3.05, 3.63) is 57.5 Å². The lowest BCUT2D eigenvalue weighted by Gasteiger charge is -2.19. The maximum absolute atomic E-state index is 10.6. The minimum absolute atomic E-state index is 0.632. The van der Waals surface area contributed by atoms with Gasteiger partial charge in [-0.05, 0) is 67.6 Å². The van der Waals surface area contributed by atoms with Crippen LogP contribution in [0.1, 0.15) is 52.4 Å². The van der Waals surface area contributed by atoms with Crippen LogP contribution < -0.4 is 0 Å². The molecule has 19 heavy (non-hydrogen) atoms. The maximum Gasteiger partial charge on any atom is 0.137 e. The highest BCUT2D eigenvalue weighted by atomic mass is 16.4. The van der Waals surface area contributed by atoms with Crippen LogP contribution in [0.4, 0.5) is 0 Å². The Morgan fingerprint density at radius 2 is 1.63 bits per heavy atom. The Bertz CT molecular complexity index is 567. The summed E-state index contributed by atoms with van der Waals surface area (Å²) in [4.78, 5) is 0. The zero-order valence-corrected chi connectivity index (χ0v) is 12.4. The highest BCUT2D eigenvalue weighted by molar-refractivity contribution is 5.47. The first kappa shape index (κ1) is 13.9. The molecule has 0 bridgehead atoms. The summed E-state index contributed by atoms with van der Waals surface area (Å²) in [5.41, 5.74) is 5.68. The number of furan rings is 1. The lowest BCUT2D eigenvalue weighted by molar-refractivity contribution is 0.185. The second-order valence-electron chi connectivity index (χ2n) is 5.23. The van der Waals surface area contributed by atoms with Crippen LogP contribution in [-0.4, -0.2) is 5.11 Å². The van der Waals surface area contributed by atoms with Gasteiger partial charge in [0.05, 0.1) is 0 Å². The van der Waals surface area contributed by atoms with Crippen LogP contribution in [0.5, 0.6) is 0 Å². The molecule has 2 nitrogen and oxygen atoms in total. The number of hydrogen-bond acceptors (Lipinski definition) is 2. The van der Waals surface area contributed by atoms with E-state index in [1.54, 1.807) is 0 Å². The van der Waals surface area contributed by atoms with E-state index in [-0.39, 0.29) is 0 Å². The van der Waals surface area contributed by atoms with Crippen LogP contribution in [0.2, 0.25) is 0 Å². The largest absolute Gasteiger partial charge is 0.463 e. The molecular weight excluding hydrogens is 236 g/mol. The predicted molar refractivity (Wildman–Crippen MR) is 77.5 cm³/mol. The van der Waals surface area contributed by atoms with E-state index in [1.807, 2.05) is 19.1 Å². The summed E-state index contributed by atoms with van der Waals surface area (Å²) in [6.07, 6.45) is 0.163. The normalized spacial score (nSPS) is 12.7. The monoisotopic (exact) mass is 258 g/mol. The molecule has 102 valence electrons. The molecule has 0 saturated heterocycles. The Morgan fingerprint density at radius 1 is 1.05 bits per heavy atom. The molecule has 1 unspecified atom stereocenters. The van der Waals surface area contributed by atoms with Gasteiger partial charge in [0.15, 0.2) is 0 Å². The van der Waals surface area contributed by atoms with Crippen molar-refractivity contribution in [2.45, 2.75) is 47.1 Å². The molecule has 0 amide bonds. The van der Waals surface area contributed by atoms with Gasteiger partial charge < -0.3 is 9.52 Å². The number of aliphatic hydroxyl groups excluding tert-OH is 1. The number of benzene rings is 1. The van der Waals surface area contributed by atoms with Crippen LogP contribution in [0, 0.1) is 27.7 Å². The fraction of sp³-hybridized carbons (Fsp3) is 0.412. The SMILES string of the molecule is CCc1ccc(C(O)c2c(C)c(C)cc(C)c2C)o1. The predicted octanol–water partition coefficient (Wildman–Crippen LogP) is 4.16. The summed E-state index contributed by atoms with van der Waals surface area (Å²) in [6, 6.07) is 5.98. The molecule has 2 aromatic rings. The lowest BCUT2D eigenvalue weighted by Crippen LogP contribution is -2.06. The van der Waals surface area contributed by atoms with Gasteiger partial charge in [-0.1, -0.05) is 13.0 Å². The van der Waals surface area contributed by atoms with Crippen LogP contribution >= 0.6 is 0 Å². The number of rotatable bonds is 3. The van der Waals surface area contributed by atoms with Crippen molar-refractivity contribution in [2.75, 3.05) is 0 Å². The van der Waals surface area contributed by atoms with Crippen molar-refractivity contribution in [1.29, 1.82) is 0 Å². The highest BCUT2D eigenvalue weighted by Gasteiger charge is 2.20. The van der Waals surface area contributed by atoms with Crippen LogP contribution in [0.25, 0.3) is 0 Å². The Labute approximate surface area is 115 Å². The summed E-state index contributed by atoms with van der Waals surface area (Å²) >= 11 is 0. The van der Waals surface area contributed by atoms with Gasteiger partial charge in [0.2, 0.25) is 0 Å². The average Bonchev–Trinajstić information content (AvgIpc) is 2.85. The molecule has 2 rings (SSSR count). The van der Waals surface area contributed by atoms with Crippen molar-refractivity contribution in [3.63, 3.8) is 0 Å². The van der Waals surface area contributed by atoms with Crippen molar-refractivity contribution >= 4 is 0 Å². The molecule has 0 fully saturated rings. The molecule has 1 heterocycles. The standard InChI is InChI=1S/C17H22O2/c1-6-14-7-8-15(19-14)17(18)16-12(4)10(2)9-11(3)13(16)5/h7-9,17-18H,6H2,1-5H3. The van der Waals surface area contributed by atoms with E-state index in [4.69, 9.17) is 4.42 Å². The van der Waals surface area contributed by atoms with Crippen LogP contribution in [0.15, 0.2) is 22.6 Å². The van der Waals surface area contributed by atoms with Gasteiger partial charge in [0, 0.05) is 6.42 Å². The smallest absolute Gasteiger partial charge is 0.137 e. The maximum atomic E-state index is 10.6. The van der Waals surface area contributed by atoms with Gasteiger partial charge in [0.25, 0.3) is 0 Å². The molecule has 0 radical (unpaired) electrons. The third-order valence-corrected chi connectivity index (χ3v) is 4.00. The minimum Gasteiger partial charge on any atom is -0.463 e. The Kier molecular flexibility index (Phi) is 3.81. The van der Waals surface area contributed by atoms with E-state index in [0.29, 0.717) is 5.76 Å². The Hall–Kier alpha value is -1.54. The molecule has 1 atom stereocenters. The fourth-order valence-corrected chi connectivity index (χ4v) is 2.53. The number of hydrogen-bond donors (Lipinski definition) is 1. The Morgan fingerprint density at radius 3 is 2.11 bits per heavy atom. The molecule has 0 aliphatic heterocycles. The molecule has 0 saturated carbocycles. The Balaban J connectivity index is 2.52. The van der Waals surface area contributed by atoms with Crippen LogP contribution in [-0.2, 0) is 6.42 Å². The molecule has 1 N–H and O–H groups in total. The van der Waals surface area contributed by atoms with Crippen molar-refractivity contribution in [3.8, 4) is 0 Å². The highest BCUT2D eigenvalue weighted by Crippen LogP contribution is 2.32. The van der Waals surface area contributed by atoms with Crippen molar-refractivity contribution in [2.24, 2.45) is 0 Å². The molecule has 1 aromatic heterocycles. The third kappa shape index (κ3) is 2.45. The van der Waals surface area contributed by atoms with Gasteiger partial charge in [-0.15, -0.1) is 0 Å². The topological polar surface area (TPSA) is 33.4 Å². The van der Waals surface area contributed by atoms with Crippen LogP contribution in [0.3, 0.4) is 0 Å². The van der Waals surface area contributed by atoms with Gasteiger partial charge in [-0.25, -0.2) is 0 Å². The van der Waals surface area contributed by atoms with Crippen molar-refractivity contribution < 1.29 is 9.52 Å².